The van der Waals surface area contributed by atoms with Gasteiger partial charge in [0.2, 0.25) is 0 Å². The van der Waals surface area contributed by atoms with Gasteiger partial charge in [-0.15, -0.1) is 0 Å². The minimum Gasteiger partial charge on any atom is -0.316 e. The zero-order chi connectivity index (χ0) is 12.5. The molecule has 2 heteroatoms. The average molecular weight is 238 g/mol. The molecule has 0 saturated carbocycles. The summed E-state index contributed by atoms with van der Waals surface area (Å²) in [5.74, 6) is 2.59. The SMILES string of the molecule is CC1CCN(CC2(C(C)C)CCNC2)CC1C. The maximum atomic E-state index is 3.58. The Kier molecular flexibility index (Phi) is 4.14. The van der Waals surface area contributed by atoms with E-state index in [4.69, 9.17) is 0 Å². The summed E-state index contributed by atoms with van der Waals surface area (Å²) < 4.78 is 0. The van der Waals surface area contributed by atoms with Gasteiger partial charge in [-0.3, -0.25) is 0 Å². The van der Waals surface area contributed by atoms with Crippen molar-refractivity contribution >= 4 is 0 Å². The van der Waals surface area contributed by atoms with Crippen molar-refractivity contribution in [3.05, 3.63) is 0 Å². The Hall–Kier alpha value is -0.0800. The molecule has 100 valence electrons. The standard InChI is InChI=1S/C15H30N2/c1-12(2)15(6-7-16-10-15)11-17-8-5-13(3)14(4)9-17/h12-14,16H,5-11H2,1-4H3. The Morgan fingerprint density at radius 1 is 1.29 bits per heavy atom. The van der Waals surface area contributed by atoms with Crippen LogP contribution >= 0.6 is 0 Å². The topological polar surface area (TPSA) is 15.3 Å². The molecule has 0 amide bonds. The van der Waals surface area contributed by atoms with E-state index in [0.717, 1.165) is 17.8 Å². The second-order valence-corrected chi connectivity index (χ2v) is 6.92. The van der Waals surface area contributed by atoms with Gasteiger partial charge in [0.25, 0.3) is 0 Å². The van der Waals surface area contributed by atoms with Crippen molar-refractivity contribution in [2.75, 3.05) is 32.7 Å². The highest BCUT2D eigenvalue weighted by molar-refractivity contribution is 4.93. The monoisotopic (exact) mass is 238 g/mol. The van der Waals surface area contributed by atoms with Crippen molar-refractivity contribution in [3.63, 3.8) is 0 Å². The van der Waals surface area contributed by atoms with Crippen LogP contribution in [0.4, 0.5) is 0 Å². The number of hydrogen-bond acceptors (Lipinski definition) is 2. The van der Waals surface area contributed by atoms with Crippen molar-refractivity contribution in [2.24, 2.45) is 23.2 Å². The van der Waals surface area contributed by atoms with Gasteiger partial charge in [-0.1, -0.05) is 27.7 Å². The van der Waals surface area contributed by atoms with E-state index in [9.17, 15) is 0 Å². The van der Waals surface area contributed by atoms with Gasteiger partial charge in [0.1, 0.15) is 0 Å². The zero-order valence-corrected chi connectivity index (χ0v) is 12.1. The summed E-state index contributed by atoms with van der Waals surface area (Å²) in [6, 6.07) is 0. The zero-order valence-electron chi connectivity index (χ0n) is 12.1. The second kappa shape index (κ2) is 5.27. The molecule has 2 fully saturated rings. The highest BCUT2D eigenvalue weighted by Gasteiger charge is 2.39. The van der Waals surface area contributed by atoms with Gasteiger partial charge in [-0.25, -0.2) is 0 Å². The van der Waals surface area contributed by atoms with Crippen LogP contribution in [0.15, 0.2) is 0 Å². The molecule has 0 aromatic rings. The Morgan fingerprint density at radius 3 is 2.59 bits per heavy atom. The summed E-state index contributed by atoms with van der Waals surface area (Å²) in [4.78, 5) is 2.73. The molecular weight excluding hydrogens is 208 g/mol. The minimum absolute atomic E-state index is 0.542. The van der Waals surface area contributed by atoms with E-state index >= 15 is 0 Å². The van der Waals surface area contributed by atoms with Crippen LogP contribution in [0.25, 0.3) is 0 Å². The molecule has 2 heterocycles. The van der Waals surface area contributed by atoms with E-state index in [1.54, 1.807) is 0 Å². The third kappa shape index (κ3) is 2.85. The van der Waals surface area contributed by atoms with Crippen molar-refractivity contribution < 1.29 is 0 Å². The Morgan fingerprint density at radius 2 is 2.06 bits per heavy atom. The summed E-state index contributed by atoms with van der Waals surface area (Å²) in [5.41, 5.74) is 0.542. The van der Waals surface area contributed by atoms with Crippen LogP contribution in [-0.4, -0.2) is 37.6 Å². The number of nitrogens with zero attached hydrogens (tertiary/aromatic N) is 1. The highest BCUT2D eigenvalue weighted by Crippen LogP contribution is 2.36. The molecule has 0 aliphatic carbocycles. The first-order chi connectivity index (χ1) is 8.03. The van der Waals surface area contributed by atoms with Crippen LogP contribution in [0, 0.1) is 23.2 Å². The molecule has 2 rings (SSSR count). The minimum atomic E-state index is 0.542. The lowest BCUT2D eigenvalue weighted by atomic mass is 9.75. The molecule has 3 atom stereocenters. The first-order valence-electron chi connectivity index (χ1n) is 7.46. The Labute approximate surface area is 107 Å². The van der Waals surface area contributed by atoms with Crippen LogP contribution in [0.1, 0.15) is 40.5 Å². The summed E-state index contributed by atoms with van der Waals surface area (Å²) in [7, 11) is 0. The summed E-state index contributed by atoms with van der Waals surface area (Å²) in [5, 5.41) is 3.58. The quantitative estimate of drug-likeness (QED) is 0.813. The Balaban J connectivity index is 1.95. The van der Waals surface area contributed by atoms with E-state index in [-0.39, 0.29) is 0 Å². The van der Waals surface area contributed by atoms with Crippen molar-refractivity contribution in [1.29, 1.82) is 0 Å². The lowest BCUT2D eigenvalue weighted by Crippen LogP contribution is -2.47. The third-order valence-electron chi connectivity index (χ3n) is 5.46. The molecule has 1 N–H and O–H groups in total. The molecule has 0 spiro atoms. The van der Waals surface area contributed by atoms with Crippen LogP contribution in [0.5, 0.6) is 0 Å². The van der Waals surface area contributed by atoms with Gasteiger partial charge in [0.15, 0.2) is 0 Å². The summed E-state index contributed by atoms with van der Waals surface area (Å²) in [6.07, 6.45) is 2.76. The first kappa shape index (κ1) is 13.4. The fourth-order valence-electron chi connectivity index (χ4n) is 3.51. The van der Waals surface area contributed by atoms with Gasteiger partial charge in [0, 0.05) is 19.6 Å². The predicted octanol–water partition coefficient (Wildman–Crippen LogP) is 2.60. The molecule has 2 saturated heterocycles. The number of piperidine rings is 1. The molecular formula is C15H30N2. The number of rotatable bonds is 3. The molecule has 3 unspecified atom stereocenters. The largest absolute Gasteiger partial charge is 0.316 e. The van der Waals surface area contributed by atoms with Crippen molar-refractivity contribution in [3.8, 4) is 0 Å². The lowest BCUT2D eigenvalue weighted by Gasteiger charge is -2.42. The smallest absolute Gasteiger partial charge is 0.00532 e. The number of nitrogens with one attached hydrogen (secondary N) is 1. The van der Waals surface area contributed by atoms with Gasteiger partial charge in [-0.2, -0.15) is 0 Å². The summed E-state index contributed by atoms with van der Waals surface area (Å²) >= 11 is 0. The molecule has 2 aliphatic heterocycles. The molecule has 0 aromatic heterocycles. The van der Waals surface area contributed by atoms with E-state index in [1.165, 1.54) is 45.6 Å². The van der Waals surface area contributed by atoms with E-state index in [1.807, 2.05) is 0 Å². The molecule has 0 aromatic carbocycles. The molecule has 2 aliphatic rings. The van der Waals surface area contributed by atoms with E-state index in [0.29, 0.717) is 5.41 Å². The highest BCUT2D eigenvalue weighted by atomic mass is 15.2. The van der Waals surface area contributed by atoms with Crippen molar-refractivity contribution in [1.82, 2.24) is 10.2 Å². The second-order valence-electron chi connectivity index (χ2n) is 6.92. The molecule has 2 nitrogen and oxygen atoms in total. The number of likely N-dealkylation sites (tertiary alicyclic amines) is 1. The fraction of sp³-hybridized carbons (Fsp3) is 1.00. The molecule has 17 heavy (non-hydrogen) atoms. The van der Waals surface area contributed by atoms with Crippen LogP contribution < -0.4 is 5.32 Å². The van der Waals surface area contributed by atoms with E-state index < -0.39 is 0 Å². The fourth-order valence-corrected chi connectivity index (χ4v) is 3.51. The Bertz CT molecular complexity index is 243. The molecule has 0 bridgehead atoms. The summed E-state index contributed by atoms with van der Waals surface area (Å²) in [6.45, 7) is 16.0. The normalized spacial score (nSPS) is 40.1. The van der Waals surface area contributed by atoms with Gasteiger partial charge in [-0.05, 0) is 49.1 Å². The van der Waals surface area contributed by atoms with Gasteiger partial charge >= 0.3 is 0 Å². The predicted molar refractivity (Wildman–Crippen MR) is 74.1 cm³/mol. The lowest BCUT2D eigenvalue weighted by molar-refractivity contribution is 0.0669. The number of hydrogen-bond donors (Lipinski definition) is 1. The first-order valence-corrected chi connectivity index (χ1v) is 7.46. The maximum absolute atomic E-state index is 3.58. The van der Waals surface area contributed by atoms with Crippen molar-refractivity contribution in [2.45, 2.75) is 40.5 Å². The van der Waals surface area contributed by atoms with E-state index in [2.05, 4.69) is 37.9 Å². The van der Waals surface area contributed by atoms with Crippen LogP contribution in [0.2, 0.25) is 0 Å². The molecule has 0 radical (unpaired) electrons. The van der Waals surface area contributed by atoms with Gasteiger partial charge < -0.3 is 10.2 Å². The average Bonchev–Trinajstić information content (AvgIpc) is 2.73. The van der Waals surface area contributed by atoms with Crippen LogP contribution in [0.3, 0.4) is 0 Å². The van der Waals surface area contributed by atoms with Gasteiger partial charge in [0.05, 0.1) is 0 Å². The van der Waals surface area contributed by atoms with Crippen LogP contribution in [-0.2, 0) is 0 Å². The third-order valence-corrected chi connectivity index (χ3v) is 5.46. The maximum Gasteiger partial charge on any atom is 0.00532 e.